The summed E-state index contributed by atoms with van der Waals surface area (Å²) in [6.07, 6.45) is 7.47. The Kier molecular flexibility index (Phi) is 10.5. The minimum atomic E-state index is -4.67. The van der Waals surface area contributed by atoms with E-state index in [1.54, 1.807) is 0 Å². The van der Waals surface area contributed by atoms with Gasteiger partial charge in [-0.25, -0.2) is 0 Å². The molecule has 0 bridgehead atoms. The third-order valence-corrected chi connectivity index (χ3v) is 5.96. The van der Waals surface area contributed by atoms with Crippen molar-refractivity contribution in [2.24, 2.45) is 0 Å². The quantitative estimate of drug-likeness (QED) is 0.513. The van der Waals surface area contributed by atoms with Crippen molar-refractivity contribution >= 4 is 16.2 Å². The summed E-state index contributed by atoms with van der Waals surface area (Å²) in [7, 11) is -4.67. The molecule has 176 valence electrons. The van der Waals surface area contributed by atoms with Gasteiger partial charge in [0.2, 0.25) is 0 Å². The number of carbonyl (C=O) groups excluding carboxylic acids is 1. The van der Waals surface area contributed by atoms with Gasteiger partial charge in [0.25, 0.3) is 0 Å². The van der Waals surface area contributed by atoms with Gasteiger partial charge in [0.1, 0.15) is 5.78 Å². The maximum atomic E-state index is 13.5. The van der Waals surface area contributed by atoms with Crippen molar-refractivity contribution in [2.75, 3.05) is 19.6 Å². The number of ketones is 1. The number of hydrogen-bond acceptors (Lipinski definition) is 4. The summed E-state index contributed by atoms with van der Waals surface area (Å²) in [6.45, 7) is 5.63. The standard InChI is InChI=1S/C25H33NO.H2O4S/c1-2-13-24(27)25(22-14-6-3-7-15-22,23-16-8-4-9-17-23)18-12-21-26-19-10-5-11-20-26;1-5(2,3)4/h3-4,6-9,14-17H,2,5,10-13,18-21H2,1H3;(H2,1,2,3,4). The fraction of sp³-hybridized carbons (Fsp3) is 0.480. The molecule has 0 aliphatic carbocycles. The van der Waals surface area contributed by atoms with Crippen molar-refractivity contribution < 1.29 is 22.3 Å². The van der Waals surface area contributed by atoms with Gasteiger partial charge in [0.15, 0.2) is 0 Å². The molecule has 0 spiro atoms. The SMILES string of the molecule is CCCC(=O)C(CCCN1CCCCC1)(c1ccccc1)c1ccccc1.O=S(=O)(O)O. The Morgan fingerprint density at radius 2 is 1.38 bits per heavy atom. The average Bonchev–Trinajstić information content (AvgIpc) is 2.78. The minimum Gasteiger partial charge on any atom is -0.303 e. The largest absolute Gasteiger partial charge is 0.394 e. The monoisotopic (exact) mass is 461 g/mol. The van der Waals surface area contributed by atoms with Gasteiger partial charge in [-0.15, -0.1) is 0 Å². The van der Waals surface area contributed by atoms with E-state index in [0.29, 0.717) is 12.2 Å². The number of likely N-dealkylation sites (tertiary alicyclic amines) is 1. The first-order valence-electron chi connectivity index (χ1n) is 11.3. The highest BCUT2D eigenvalue weighted by atomic mass is 32.3. The molecule has 0 amide bonds. The van der Waals surface area contributed by atoms with Gasteiger partial charge in [-0.2, -0.15) is 8.42 Å². The van der Waals surface area contributed by atoms with Crippen molar-refractivity contribution in [3.8, 4) is 0 Å². The molecule has 32 heavy (non-hydrogen) atoms. The van der Waals surface area contributed by atoms with Gasteiger partial charge in [0, 0.05) is 6.42 Å². The summed E-state index contributed by atoms with van der Waals surface area (Å²) in [5, 5.41) is 0. The first-order chi connectivity index (χ1) is 15.3. The molecule has 1 fully saturated rings. The Hall–Kier alpha value is -2.06. The topological polar surface area (TPSA) is 94.9 Å². The fourth-order valence-corrected chi connectivity index (χ4v) is 4.55. The minimum absolute atomic E-state index is 0.362. The molecular formula is C25H35NO5S. The summed E-state index contributed by atoms with van der Waals surface area (Å²) in [5.41, 5.74) is 1.77. The zero-order valence-electron chi connectivity index (χ0n) is 18.8. The lowest BCUT2D eigenvalue weighted by Crippen LogP contribution is -2.39. The normalized spacial score (nSPS) is 15.0. The average molecular weight is 462 g/mol. The van der Waals surface area contributed by atoms with E-state index in [4.69, 9.17) is 17.5 Å². The molecule has 0 unspecified atom stereocenters. The Balaban J connectivity index is 0.000000654. The molecule has 0 saturated carbocycles. The van der Waals surface area contributed by atoms with E-state index in [1.165, 1.54) is 32.4 Å². The highest BCUT2D eigenvalue weighted by molar-refractivity contribution is 7.79. The second-order valence-electron chi connectivity index (χ2n) is 8.26. The van der Waals surface area contributed by atoms with Crippen LogP contribution in [0.5, 0.6) is 0 Å². The first-order valence-corrected chi connectivity index (χ1v) is 12.7. The number of carbonyl (C=O) groups is 1. The van der Waals surface area contributed by atoms with E-state index in [1.807, 2.05) is 12.1 Å². The van der Waals surface area contributed by atoms with Crippen LogP contribution in [0.4, 0.5) is 0 Å². The van der Waals surface area contributed by atoms with E-state index >= 15 is 0 Å². The Labute approximate surface area is 192 Å². The predicted molar refractivity (Wildman–Crippen MR) is 127 cm³/mol. The van der Waals surface area contributed by atoms with Crippen LogP contribution in [0.15, 0.2) is 60.7 Å². The second-order valence-corrected chi connectivity index (χ2v) is 9.16. The van der Waals surface area contributed by atoms with E-state index in [2.05, 4.69) is 60.4 Å². The first kappa shape index (κ1) is 26.2. The van der Waals surface area contributed by atoms with Gasteiger partial charge in [0.05, 0.1) is 5.41 Å². The Morgan fingerprint density at radius 1 is 0.906 bits per heavy atom. The van der Waals surface area contributed by atoms with Crippen molar-refractivity contribution in [1.29, 1.82) is 0 Å². The summed E-state index contributed by atoms with van der Waals surface area (Å²) in [5.74, 6) is 0.362. The smallest absolute Gasteiger partial charge is 0.303 e. The molecule has 2 aromatic rings. The number of benzene rings is 2. The zero-order chi connectivity index (χ0) is 23.5. The lowest BCUT2D eigenvalue weighted by Gasteiger charge is -2.35. The van der Waals surface area contributed by atoms with Gasteiger partial charge in [-0.1, -0.05) is 74.0 Å². The second kappa shape index (κ2) is 12.8. The Bertz CT molecular complexity index is 862. The van der Waals surface area contributed by atoms with Crippen molar-refractivity contribution in [1.82, 2.24) is 4.90 Å². The lowest BCUT2D eigenvalue weighted by molar-refractivity contribution is -0.123. The number of hydrogen-bond donors (Lipinski definition) is 2. The zero-order valence-corrected chi connectivity index (χ0v) is 19.6. The summed E-state index contributed by atoms with van der Waals surface area (Å²) >= 11 is 0. The molecule has 1 saturated heterocycles. The summed E-state index contributed by atoms with van der Waals surface area (Å²) < 4.78 is 31.6. The van der Waals surface area contributed by atoms with Gasteiger partial charge >= 0.3 is 10.4 Å². The van der Waals surface area contributed by atoms with Crippen LogP contribution in [0.25, 0.3) is 0 Å². The maximum absolute atomic E-state index is 13.5. The maximum Gasteiger partial charge on any atom is 0.394 e. The molecule has 3 rings (SSSR count). The van der Waals surface area contributed by atoms with Crippen LogP contribution in [0, 0.1) is 0 Å². The van der Waals surface area contributed by atoms with Crippen LogP contribution in [0.1, 0.15) is 63.0 Å². The lowest BCUT2D eigenvalue weighted by atomic mass is 9.67. The van der Waals surface area contributed by atoms with Crippen LogP contribution in [-0.4, -0.2) is 47.8 Å². The van der Waals surface area contributed by atoms with Crippen molar-refractivity contribution in [3.63, 3.8) is 0 Å². The Morgan fingerprint density at radius 3 is 1.81 bits per heavy atom. The molecule has 2 aromatic carbocycles. The molecule has 0 atom stereocenters. The van der Waals surface area contributed by atoms with E-state index in [9.17, 15) is 4.79 Å². The third-order valence-electron chi connectivity index (χ3n) is 5.96. The summed E-state index contributed by atoms with van der Waals surface area (Å²) in [6, 6.07) is 20.9. The molecule has 2 N–H and O–H groups in total. The highest BCUT2D eigenvalue weighted by Gasteiger charge is 2.40. The van der Waals surface area contributed by atoms with Crippen LogP contribution >= 0.6 is 0 Å². The number of nitrogens with zero attached hydrogens (tertiary/aromatic N) is 1. The summed E-state index contributed by atoms with van der Waals surface area (Å²) in [4.78, 5) is 16.1. The molecule has 1 heterocycles. The molecule has 0 aromatic heterocycles. The van der Waals surface area contributed by atoms with Crippen LogP contribution < -0.4 is 0 Å². The molecule has 6 nitrogen and oxygen atoms in total. The van der Waals surface area contributed by atoms with E-state index in [0.717, 1.165) is 36.9 Å². The van der Waals surface area contributed by atoms with Crippen molar-refractivity contribution in [2.45, 2.75) is 57.3 Å². The van der Waals surface area contributed by atoms with Crippen LogP contribution in [0.3, 0.4) is 0 Å². The van der Waals surface area contributed by atoms with E-state index in [-0.39, 0.29) is 0 Å². The molecular weight excluding hydrogens is 426 g/mol. The highest BCUT2D eigenvalue weighted by Crippen LogP contribution is 2.39. The molecule has 7 heteroatoms. The van der Waals surface area contributed by atoms with Gasteiger partial charge in [-0.3, -0.25) is 13.9 Å². The van der Waals surface area contributed by atoms with Crippen molar-refractivity contribution in [3.05, 3.63) is 71.8 Å². The molecule has 0 radical (unpaired) electrons. The number of rotatable bonds is 9. The van der Waals surface area contributed by atoms with Crippen LogP contribution in [0.2, 0.25) is 0 Å². The fourth-order valence-electron chi connectivity index (χ4n) is 4.55. The molecule has 1 aliphatic heterocycles. The number of piperidine rings is 1. The molecule has 1 aliphatic rings. The van der Waals surface area contributed by atoms with Gasteiger partial charge < -0.3 is 4.90 Å². The number of Topliss-reactive ketones (excluding diaryl/α,β-unsaturated/α-hetero) is 1. The third kappa shape index (κ3) is 8.13. The van der Waals surface area contributed by atoms with Crippen LogP contribution in [-0.2, 0) is 20.6 Å². The van der Waals surface area contributed by atoms with Gasteiger partial charge in [-0.05, 0) is 62.9 Å². The van der Waals surface area contributed by atoms with E-state index < -0.39 is 15.8 Å². The predicted octanol–water partition coefficient (Wildman–Crippen LogP) is 4.96.